The topological polar surface area (TPSA) is 12.0 Å². The molecule has 106 valence electrons. The predicted octanol–water partition coefficient (Wildman–Crippen LogP) is 4.97. The van der Waals surface area contributed by atoms with Gasteiger partial charge in [-0.05, 0) is 30.3 Å². The van der Waals surface area contributed by atoms with Crippen molar-refractivity contribution >= 4 is 23.2 Å². The van der Waals surface area contributed by atoms with Gasteiger partial charge >= 0.3 is 0 Å². The molecule has 1 nitrogen and oxygen atoms in total. The first kappa shape index (κ1) is 15.2. The highest BCUT2D eigenvalue weighted by molar-refractivity contribution is 6.31. The lowest BCUT2D eigenvalue weighted by Gasteiger charge is -2.21. The maximum Gasteiger partial charge on any atom is 0.142 e. The van der Waals surface area contributed by atoms with Crippen LogP contribution in [-0.2, 0) is 0 Å². The second-order valence-electron chi connectivity index (χ2n) is 4.30. The Balaban J connectivity index is 2.53. The number of hydrogen-bond acceptors (Lipinski definition) is 1. The molecule has 0 aliphatic carbocycles. The van der Waals surface area contributed by atoms with E-state index in [-0.39, 0.29) is 5.02 Å². The first-order valence-electron chi connectivity index (χ1n) is 6.16. The maximum atomic E-state index is 14.1. The Hall–Kier alpha value is -1.16. The van der Waals surface area contributed by atoms with Crippen LogP contribution in [0.3, 0.4) is 0 Å². The van der Waals surface area contributed by atoms with Gasteiger partial charge in [0.25, 0.3) is 0 Å². The number of benzene rings is 2. The Morgan fingerprint density at radius 2 is 1.80 bits per heavy atom. The highest BCUT2D eigenvalue weighted by atomic mass is 35.5. The molecule has 2 aromatic carbocycles. The van der Waals surface area contributed by atoms with Crippen LogP contribution < -0.4 is 5.32 Å². The van der Waals surface area contributed by atoms with Crippen molar-refractivity contribution in [3.63, 3.8) is 0 Å². The van der Waals surface area contributed by atoms with Crippen molar-refractivity contribution in [1.82, 2.24) is 5.32 Å². The standard InChI is InChI=1S/C15H13Cl2F2N/c1-2-20-15(10-7-6-9(16)8-13(10)19)11-4-3-5-12(18)14(11)17/h3-8,15,20H,2H2,1H3. The summed E-state index contributed by atoms with van der Waals surface area (Å²) in [5, 5.41) is 3.41. The van der Waals surface area contributed by atoms with Crippen molar-refractivity contribution in [1.29, 1.82) is 0 Å². The summed E-state index contributed by atoms with van der Waals surface area (Å²) in [6.45, 7) is 2.47. The van der Waals surface area contributed by atoms with Crippen molar-refractivity contribution in [2.75, 3.05) is 6.54 Å². The van der Waals surface area contributed by atoms with Gasteiger partial charge in [-0.1, -0.05) is 48.3 Å². The fourth-order valence-electron chi connectivity index (χ4n) is 2.07. The van der Waals surface area contributed by atoms with E-state index >= 15 is 0 Å². The minimum Gasteiger partial charge on any atom is -0.306 e. The average Bonchev–Trinajstić information content (AvgIpc) is 2.40. The Labute approximate surface area is 126 Å². The van der Waals surface area contributed by atoms with Gasteiger partial charge in [0.05, 0.1) is 11.1 Å². The fraction of sp³-hybridized carbons (Fsp3) is 0.200. The molecule has 5 heteroatoms. The lowest BCUT2D eigenvalue weighted by atomic mass is 9.98. The van der Waals surface area contributed by atoms with E-state index in [1.54, 1.807) is 24.3 Å². The molecule has 0 saturated heterocycles. The molecule has 0 aliphatic heterocycles. The second kappa shape index (κ2) is 6.53. The van der Waals surface area contributed by atoms with Crippen LogP contribution >= 0.6 is 23.2 Å². The molecule has 0 aliphatic rings. The molecule has 0 fully saturated rings. The third-order valence-electron chi connectivity index (χ3n) is 2.97. The van der Waals surface area contributed by atoms with Gasteiger partial charge in [0.15, 0.2) is 0 Å². The molecule has 0 aromatic heterocycles. The molecule has 1 unspecified atom stereocenters. The Bertz CT molecular complexity index is 617. The van der Waals surface area contributed by atoms with E-state index in [4.69, 9.17) is 23.2 Å². The van der Waals surface area contributed by atoms with Crippen LogP contribution in [0.1, 0.15) is 24.1 Å². The van der Waals surface area contributed by atoms with Crippen LogP contribution in [0.2, 0.25) is 10.0 Å². The normalized spacial score (nSPS) is 12.4. The SMILES string of the molecule is CCNC(c1ccc(Cl)cc1F)c1cccc(F)c1Cl. The van der Waals surface area contributed by atoms with Crippen molar-refractivity contribution in [2.24, 2.45) is 0 Å². The van der Waals surface area contributed by atoms with Crippen LogP contribution in [-0.4, -0.2) is 6.54 Å². The summed E-state index contributed by atoms with van der Waals surface area (Å²) in [5.74, 6) is -0.981. The zero-order valence-corrected chi connectivity index (χ0v) is 12.3. The summed E-state index contributed by atoms with van der Waals surface area (Å²) in [6.07, 6.45) is 0. The molecular formula is C15H13Cl2F2N. The van der Waals surface area contributed by atoms with Crippen LogP contribution in [0.15, 0.2) is 36.4 Å². The summed E-state index contributed by atoms with van der Waals surface area (Å²) in [5.41, 5.74) is 0.874. The molecule has 1 atom stereocenters. The van der Waals surface area contributed by atoms with Crippen molar-refractivity contribution in [3.8, 4) is 0 Å². The van der Waals surface area contributed by atoms with Gasteiger partial charge in [-0.2, -0.15) is 0 Å². The van der Waals surface area contributed by atoms with Gasteiger partial charge in [-0.3, -0.25) is 0 Å². The minimum absolute atomic E-state index is 0.00667. The van der Waals surface area contributed by atoms with Gasteiger partial charge in [-0.25, -0.2) is 8.78 Å². The molecular weight excluding hydrogens is 303 g/mol. The zero-order valence-electron chi connectivity index (χ0n) is 10.8. The van der Waals surface area contributed by atoms with Crippen LogP contribution in [0.5, 0.6) is 0 Å². The second-order valence-corrected chi connectivity index (χ2v) is 5.11. The number of halogens is 4. The van der Waals surface area contributed by atoms with Gasteiger partial charge in [0, 0.05) is 10.6 Å². The van der Waals surface area contributed by atoms with Crippen molar-refractivity contribution in [2.45, 2.75) is 13.0 Å². The van der Waals surface area contributed by atoms with E-state index in [0.29, 0.717) is 22.7 Å². The Morgan fingerprint density at radius 3 is 2.45 bits per heavy atom. The number of rotatable bonds is 4. The van der Waals surface area contributed by atoms with E-state index in [9.17, 15) is 8.78 Å². The maximum absolute atomic E-state index is 14.1. The molecule has 0 spiro atoms. The Kier molecular flexibility index (Phi) is 4.97. The molecule has 0 bridgehead atoms. The summed E-state index contributed by atoms with van der Waals surface area (Å²) in [7, 11) is 0. The van der Waals surface area contributed by atoms with Crippen molar-refractivity contribution in [3.05, 3.63) is 69.2 Å². The van der Waals surface area contributed by atoms with Gasteiger partial charge in [-0.15, -0.1) is 0 Å². The van der Waals surface area contributed by atoms with Gasteiger partial charge in [0.1, 0.15) is 11.6 Å². The number of nitrogens with one attached hydrogen (secondary N) is 1. The molecule has 20 heavy (non-hydrogen) atoms. The molecule has 1 N–H and O–H groups in total. The zero-order chi connectivity index (χ0) is 14.7. The van der Waals surface area contributed by atoms with E-state index in [1.165, 1.54) is 12.1 Å². The smallest absolute Gasteiger partial charge is 0.142 e. The fourth-order valence-corrected chi connectivity index (χ4v) is 2.46. The van der Waals surface area contributed by atoms with Gasteiger partial charge in [0.2, 0.25) is 0 Å². The number of hydrogen-bond donors (Lipinski definition) is 1. The highest BCUT2D eigenvalue weighted by Gasteiger charge is 2.21. The quantitative estimate of drug-likeness (QED) is 0.840. The average molecular weight is 316 g/mol. The molecule has 0 heterocycles. The molecule has 0 saturated carbocycles. The van der Waals surface area contributed by atoms with Crippen LogP contribution in [0.25, 0.3) is 0 Å². The minimum atomic E-state index is -0.527. The summed E-state index contributed by atoms with van der Waals surface area (Å²) >= 11 is 11.7. The molecule has 0 amide bonds. The summed E-state index contributed by atoms with van der Waals surface area (Å²) in [6, 6.07) is 8.37. The van der Waals surface area contributed by atoms with Crippen molar-refractivity contribution < 1.29 is 8.78 Å². The van der Waals surface area contributed by atoms with E-state index < -0.39 is 17.7 Å². The summed E-state index contributed by atoms with van der Waals surface area (Å²) in [4.78, 5) is 0. The molecule has 0 radical (unpaired) electrons. The molecule has 2 aromatic rings. The van der Waals surface area contributed by atoms with E-state index in [2.05, 4.69) is 5.32 Å². The van der Waals surface area contributed by atoms with Crippen LogP contribution in [0, 0.1) is 11.6 Å². The van der Waals surface area contributed by atoms with Crippen LogP contribution in [0.4, 0.5) is 8.78 Å². The monoisotopic (exact) mass is 315 g/mol. The summed E-state index contributed by atoms with van der Waals surface area (Å²) < 4.78 is 27.7. The first-order valence-corrected chi connectivity index (χ1v) is 6.92. The first-order chi connectivity index (χ1) is 9.54. The Morgan fingerprint density at radius 1 is 1.05 bits per heavy atom. The molecule has 2 rings (SSSR count). The predicted molar refractivity (Wildman–Crippen MR) is 78.3 cm³/mol. The van der Waals surface area contributed by atoms with E-state index in [1.807, 2.05) is 6.92 Å². The van der Waals surface area contributed by atoms with E-state index in [0.717, 1.165) is 0 Å². The highest BCUT2D eigenvalue weighted by Crippen LogP contribution is 2.32. The van der Waals surface area contributed by atoms with Gasteiger partial charge < -0.3 is 5.32 Å². The lowest BCUT2D eigenvalue weighted by molar-refractivity contribution is 0.555. The third kappa shape index (κ3) is 3.11. The largest absolute Gasteiger partial charge is 0.306 e. The third-order valence-corrected chi connectivity index (χ3v) is 3.61. The lowest BCUT2D eigenvalue weighted by Crippen LogP contribution is -2.23.